The minimum Gasteiger partial charge on any atom is -0.504 e. The van der Waals surface area contributed by atoms with E-state index >= 15 is 0 Å². The number of piperidine rings is 1. The van der Waals surface area contributed by atoms with Gasteiger partial charge in [-0.1, -0.05) is 6.42 Å². The molecule has 2 aliphatic heterocycles. The van der Waals surface area contributed by atoms with Gasteiger partial charge in [-0.15, -0.1) is 0 Å². The van der Waals surface area contributed by atoms with Crippen molar-refractivity contribution < 1.29 is 14.6 Å². The zero-order valence-electron chi connectivity index (χ0n) is 16.8. The molecule has 1 unspecified atom stereocenters. The fraction of sp³-hybridized carbons (Fsp3) is 0.417. The van der Waals surface area contributed by atoms with Crippen molar-refractivity contribution in [3.8, 4) is 17.2 Å². The zero-order chi connectivity index (χ0) is 19.4. The quantitative estimate of drug-likeness (QED) is 0.643. The van der Waals surface area contributed by atoms with Crippen LogP contribution in [-0.2, 0) is 13.0 Å². The van der Waals surface area contributed by atoms with Gasteiger partial charge in [0.1, 0.15) is 5.75 Å². The summed E-state index contributed by atoms with van der Waals surface area (Å²) in [5, 5.41) is 15.2. The third-order valence-electron chi connectivity index (χ3n) is 6.71. The summed E-state index contributed by atoms with van der Waals surface area (Å²) in [5.41, 5.74) is 3.93. The van der Waals surface area contributed by atoms with Crippen LogP contribution >= 0.6 is 0 Å². The molecule has 4 heteroatoms. The number of hydrogen-bond acceptors (Lipinski definition) is 4. The smallest absolute Gasteiger partial charge is 0.161 e. The number of rotatable bonds is 2. The van der Waals surface area contributed by atoms with Gasteiger partial charge in [-0.05, 0) is 95.2 Å². The Bertz CT molecular complexity index is 1000. The van der Waals surface area contributed by atoms with Crippen LogP contribution in [0, 0.1) is 6.92 Å². The van der Waals surface area contributed by atoms with Gasteiger partial charge in [-0.2, -0.15) is 0 Å². The van der Waals surface area contributed by atoms with Crippen molar-refractivity contribution in [3.63, 3.8) is 0 Å². The van der Waals surface area contributed by atoms with Gasteiger partial charge in [-0.25, -0.2) is 0 Å². The number of nitrogens with zero attached hydrogens (tertiary/aromatic N) is 1. The lowest BCUT2D eigenvalue weighted by Crippen LogP contribution is -2.43. The monoisotopic (exact) mass is 377 g/mol. The van der Waals surface area contributed by atoms with Crippen molar-refractivity contribution >= 4 is 21.5 Å². The van der Waals surface area contributed by atoms with Crippen LogP contribution in [0.3, 0.4) is 0 Å². The molecule has 3 aromatic carbocycles. The van der Waals surface area contributed by atoms with E-state index in [2.05, 4.69) is 24.0 Å². The Morgan fingerprint density at radius 3 is 2.39 bits per heavy atom. The molecule has 0 saturated carbocycles. The highest BCUT2D eigenvalue weighted by atomic mass is 16.5. The number of aryl methyl sites for hydroxylation is 1. The van der Waals surface area contributed by atoms with E-state index < -0.39 is 0 Å². The third-order valence-corrected chi connectivity index (χ3v) is 6.71. The standard InChI is InChI=1S/C24H27NO3/c1-14-8-16-18-10-22(26)24(28-3)12-19(18)17-9-15-6-4-5-7-25(15)13-21(17)20(16)11-23(14)27-2/h8,10-12,15,26H,4-7,9,13H2,1-3H3. The predicted molar refractivity (Wildman–Crippen MR) is 113 cm³/mol. The molecule has 0 bridgehead atoms. The topological polar surface area (TPSA) is 41.9 Å². The van der Waals surface area contributed by atoms with E-state index in [9.17, 15) is 5.11 Å². The Morgan fingerprint density at radius 1 is 0.893 bits per heavy atom. The maximum absolute atomic E-state index is 10.5. The van der Waals surface area contributed by atoms with Crippen LogP contribution in [0.2, 0.25) is 0 Å². The molecule has 1 N–H and O–H groups in total. The van der Waals surface area contributed by atoms with Crippen molar-refractivity contribution in [3.05, 3.63) is 41.0 Å². The minimum atomic E-state index is 0.194. The number of phenols is 1. The van der Waals surface area contributed by atoms with E-state index in [1.807, 2.05) is 12.1 Å². The van der Waals surface area contributed by atoms with E-state index in [1.54, 1.807) is 14.2 Å². The van der Waals surface area contributed by atoms with Crippen molar-refractivity contribution in [2.24, 2.45) is 0 Å². The summed E-state index contributed by atoms with van der Waals surface area (Å²) < 4.78 is 11.1. The van der Waals surface area contributed by atoms with Gasteiger partial charge in [-0.3, -0.25) is 4.90 Å². The first-order valence-corrected chi connectivity index (χ1v) is 10.2. The normalized spacial score (nSPS) is 19.5. The van der Waals surface area contributed by atoms with Gasteiger partial charge >= 0.3 is 0 Å². The molecular weight excluding hydrogens is 350 g/mol. The second-order valence-corrected chi connectivity index (χ2v) is 8.22. The van der Waals surface area contributed by atoms with Crippen LogP contribution in [0.1, 0.15) is 36.0 Å². The van der Waals surface area contributed by atoms with E-state index in [0.717, 1.165) is 29.7 Å². The molecule has 0 aromatic heterocycles. The molecule has 4 nitrogen and oxygen atoms in total. The summed E-state index contributed by atoms with van der Waals surface area (Å²) >= 11 is 0. The number of methoxy groups -OCH3 is 2. The highest BCUT2D eigenvalue weighted by molar-refractivity contribution is 6.12. The molecule has 0 radical (unpaired) electrons. The average Bonchev–Trinajstić information content (AvgIpc) is 2.72. The molecule has 2 aliphatic rings. The molecule has 28 heavy (non-hydrogen) atoms. The Hall–Kier alpha value is -2.46. The molecular formula is C24H27NO3. The van der Waals surface area contributed by atoms with Crippen molar-refractivity contribution in [1.82, 2.24) is 4.90 Å². The first-order chi connectivity index (χ1) is 13.6. The van der Waals surface area contributed by atoms with E-state index in [1.165, 1.54) is 53.1 Å². The van der Waals surface area contributed by atoms with E-state index in [-0.39, 0.29) is 5.75 Å². The Labute approximate surface area is 165 Å². The summed E-state index contributed by atoms with van der Waals surface area (Å²) in [6, 6.07) is 8.91. The lowest BCUT2D eigenvalue weighted by Gasteiger charge is -2.41. The van der Waals surface area contributed by atoms with Gasteiger partial charge in [0.2, 0.25) is 0 Å². The fourth-order valence-corrected chi connectivity index (χ4v) is 5.26. The van der Waals surface area contributed by atoms with Crippen LogP contribution < -0.4 is 9.47 Å². The average molecular weight is 377 g/mol. The van der Waals surface area contributed by atoms with Gasteiger partial charge in [0.05, 0.1) is 14.2 Å². The van der Waals surface area contributed by atoms with Crippen LogP contribution in [0.4, 0.5) is 0 Å². The third kappa shape index (κ3) is 2.55. The van der Waals surface area contributed by atoms with Crippen LogP contribution in [-0.4, -0.2) is 36.8 Å². The summed E-state index contributed by atoms with van der Waals surface area (Å²) in [5.74, 6) is 1.66. The summed E-state index contributed by atoms with van der Waals surface area (Å²) in [7, 11) is 3.35. The summed E-state index contributed by atoms with van der Waals surface area (Å²) in [6.45, 7) is 4.25. The SMILES string of the molecule is COc1cc2c3c(c4cc(OC)c(O)cc4c2cc1C)CC1CCCCN1C3. The van der Waals surface area contributed by atoms with Gasteiger partial charge in [0.15, 0.2) is 11.5 Å². The van der Waals surface area contributed by atoms with Gasteiger partial charge in [0, 0.05) is 12.6 Å². The van der Waals surface area contributed by atoms with Crippen molar-refractivity contribution in [2.75, 3.05) is 20.8 Å². The molecule has 3 aromatic rings. The van der Waals surface area contributed by atoms with Crippen molar-refractivity contribution in [1.29, 1.82) is 0 Å². The zero-order valence-corrected chi connectivity index (χ0v) is 16.8. The second kappa shape index (κ2) is 6.56. The maximum atomic E-state index is 10.5. The van der Waals surface area contributed by atoms with Crippen LogP contribution in [0.25, 0.3) is 21.5 Å². The predicted octanol–water partition coefficient (Wildman–Crippen LogP) is 4.93. The number of aromatic hydroxyl groups is 1. The number of phenolic OH excluding ortho intramolecular Hbond substituents is 1. The fourth-order valence-electron chi connectivity index (χ4n) is 5.26. The molecule has 0 aliphatic carbocycles. The van der Waals surface area contributed by atoms with Crippen molar-refractivity contribution in [2.45, 2.75) is 45.2 Å². The lowest BCUT2D eigenvalue weighted by atomic mass is 9.82. The molecule has 5 rings (SSSR count). The number of benzene rings is 3. The Kier molecular flexibility index (Phi) is 4.13. The number of ether oxygens (including phenoxy) is 2. The molecule has 0 amide bonds. The Morgan fingerprint density at radius 2 is 1.61 bits per heavy atom. The second-order valence-electron chi connectivity index (χ2n) is 8.22. The Balaban J connectivity index is 1.88. The maximum Gasteiger partial charge on any atom is 0.161 e. The number of hydrogen-bond donors (Lipinski definition) is 1. The first kappa shape index (κ1) is 17.6. The van der Waals surface area contributed by atoms with Gasteiger partial charge < -0.3 is 14.6 Å². The number of fused-ring (bicyclic) bond motifs is 7. The molecule has 146 valence electrons. The highest BCUT2D eigenvalue weighted by Gasteiger charge is 2.31. The molecule has 0 spiro atoms. The summed E-state index contributed by atoms with van der Waals surface area (Å²) in [6.07, 6.45) is 4.94. The van der Waals surface area contributed by atoms with E-state index in [4.69, 9.17) is 9.47 Å². The lowest BCUT2D eigenvalue weighted by molar-refractivity contribution is 0.128. The van der Waals surface area contributed by atoms with Crippen LogP contribution in [0.15, 0.2) is 24.3 Å². The largest absolute Gasteiger partial charge is 0.504 e. The first-order valence-electron chi connectivity index (χ1n) is 10.2. The molecule has 1 fully saturated rings. The van der Waals surface area contributed by atoms with Gasteiger partial charge in [0.25, 0.3) is 0 Å². The molecule has 1 atom stereocenters. The minimum absolute atomic E-state index is 0.194. The van der Waals surface area contributed by atoms with Crippen LogP contribution in [0.5, 0.6) is 17.2 Å². The molecule has 2 heterocycles. The van der Waals surface area contributed by atoms with E-state index in [0.29, 0.717) is 11.8 Å². The highest BCUT2D eigenvalue weighted by Crippen LogP contribution is 2.44. The molecule has 1 saturated heterocycles. The summed E-state index contributed by atoms with van der Waals surface area (Å²) in [4.78, 5) is 2.65.